The van der Waals surface area contributed by atoms with E-state index in [1.54, 1.807) is 0 Å². The Balaban J connectivity index is 2.35. The molecule has 0 amide bonds. The summed E-state index contributed by atoms with van der Waals surface area (Å²) in [4.78, 5) is 2.25. The molecule has 1 heterocycles. The molecule has 1 aromatic heterocycles. The first-order valence-electron chi connectivity index (χ1n) is 4.98. The number of hydrogen-bond donors (Lipinski definition) is 1. The van der Waals surface area contributed by atoms with E-state index in [-0.39, 0.29) is 0 Å². The Morgan fingerprint density at radius 2 is 2.36 bits per heavy atom. The third kappa shape index (κ3) is 3.43. The van der Waals surface area contributed by atoms with Crippen LogP contribution in [0.5, 0.6) is 0 Å². The molecule has 5 nitrogen and oxygen atoms in total. The molecule has 5 heteroatoms. The molecule has 0 aliphatic heterocycles. The van der Waals surface area contributed by atoms with Gasteiger partial charge in [0.15, 0.2) is 0 Å². The molecule has 1 N–H and O–H groups in total. The molecule has 0 radical (unpaired) electrons. The third-order valence-electron chi connectivity index (χ3n) is 2.19. The lowest BCUT2D eigenvalue weighted by Gasteiger charge is -2.12. The highest BCUT2D eigenvalue weighted by molar-refractivity contribution is 4.90. The minimum absolute atomic E-state index is 0.781. The highest BCUT2D eigenvalue weighted by atomic mass is 15.4. The fourth-order valence-corrected chi connectivity index (χ4v) is 1.14. The molecule has 14 heavy (non-hydrogen) atoms. The first-order valence-corrected chi connectivity index (χ1v) is 4.98. The largest absolute Gasteiger partial charge is 0.314 e. The summed E-state index contributed by atoms with van der Waals surface area (Å²) in [5.41, 5.74) is 0.992. The average molecular weight is 197 g/mol. The number of likely N-dealkylation sites (N-methyl/N-ethyl adjacent to an activating group) is 1. The molecule has 0 saturated carbocycles. The van der Waals surface area contributed by atoms with Crippen molar-refractivity contribution in [3.63, 3.8) is 0 Å². The lowest BCUT2D eigenvalue weighted by Crippen LogP contribution is -2.22. The minimum Gasteiger partial charge on any atom is -0.314 e. The van der Waals surface area contributed by atoms with Crippen LogP contribution >= 0.6 is 0 Å². The van der Waals surface area contributed by atoms with Gasteiger partial charge in [-0.15, -0.1) is 5.10 Å². The highest BCUT2D eigenvalue weighted by Crippen LogP contribution is 1.92. The van der Waals surface area contributed by atoms with E-state index in [0.717, 1.165) is 31.9 Å². The number of nitrogens with one attached hydrogen (secondary N) is 1. The van der Waals surface area contributed by atoms with E-state index in [1.807, 2.05) is 17.9 Å². The second-order valence-corrected chi connectivity index (χ2v) is 3.40. The Hall–Kier alpha value is -0.940. The van der Waals surface area contributed by atoms with E-state index in [4.69, 9.17) is 0 Å². The lowest BCUT2D eigenvalue weighted by molar-refractivity contribution is 0.326. The van der Waals surface area contributed by atoms with Crippen LogP contribution in [0.3, 0.4) is 0 Å². The van der Waals surface area contributed by atoms with Crippen molar-refractivity contribution < 1.29 is 0 Å². The van der Waals surface area contributed by atoms with Crippen molar-refractivity contribution >= 4 is 0 Å². The molecular weight excluding hydrogens is 178 g/mol. The van der Waals surface area contributed by atoms with Crippen molar-refractivity contribution in [1.29, 1.82) is 0 Å². The van der Waals surface area contributed by atoms with E-state index >= 15 is 0 Å². The van der Waals surface area contributed by atoms with Gasteiger partial charge in [0.2, 0.25) is 0 Å². The Bertz CT molecular complexity index is 257. The van der Waals surface area contributed by atoms with E-state index in [0.29, 0.717) is 0 Å². The summed E-state index contributed by atoms with van der Waals surface area (Å²) in [7, 11) is 4.01. The van der Waals surface area contributed by atoms with E-state index in [1.165, 1.54) is 0 Å². The Labute approximate surface area is 85.1 Å². The number of nitrogens with zero attached hydrogens (tertiary/aromatic N) is 4. The van der Waals surface area contributed by atoms with Gasteiger partial charge >= 0.3 is 0 Å². The van der Waals surface area contributed by atoms with E-state index < -0.39 is 0 Å². The molecule has 0 fully saturated rings. The standard InChI is InChI=1S/C9H19N5/c1-4-13(3)5-6-14-8-9(7-10-2)11-12-14/h8,10H,4-7H2,1-3H3. The highest BCUT2D eigenvalue weighted by Gasteiger charge is 2.00. The molecule has 1 aromatic rings. The zero-order valence-electron chi connectivity index (χ0n) is 9.19. The summed E-state index contributed by atoms with van der Waals surface area (Å²) in [6, 6.07) is 0. The van der Waals surface area contributed by atoms with Gasteiger partial charge < -0.3 is 10.2 Å². The first kappa shape index (κ1) is 11.1. The van der Waals surface area contributed by atoms with Gasteiger partial charge in [0, 0.05) is 19.3 Å². The zero-order valence-corrected chi connectivity index (χ0v) is 9.19. The maximum absolute atomic E-state index is 4.04. The Morgan fingerprint density at radius 1 is 1.57 bits per heavy atom. The lowest BCUT2D eigenvalue weighted by atomic mass is 10.4. The van der Waals surface area contributed by atoms with Crippen LogP contribution in [0.1, 0.15) is 12.6 Å². The van der Waals surface area contributed by atoms with Gasteiger partial charge in [-0.3, -0.25) is 4.68 Å². The maximum atomic E-state index is 4.04. The van der Waals surface area contributed by atoms with Crippen LogP contribution < -0.4 is 5.32 Å². The van der Waals surface area contributed by atoms with Crippen molar-refractivity contribution in [1.82, 2.24) is 25.2 Å². The zero-order chi connectivity index (χ0) is 10.4. The normalized spacial score (nSPS) is 11.1. The SMILES string of the molecule is CCN(C)CCn1cc(CNC)nn1. The van der Waals surface area contributed by atoms with Crippen molar-refractivity contribution in [2.45, 2.75) is 20.0 Å². The van der Waals surface area contributed by atoms with Crippen LogP contribution in [-0.4, -0.2) is 47.1 Å². The molecule has 0 aromatic carbocycles. The molecular formula is C9H19N5. The quantitative estimate of drug-likeness (QED) is 0.694. The van der Waals surface area contributed by atoms with Gasteiger partial charge in [-0.2, -0.15) is 0 Å². The molecule has 80 valence electrons. The molecule has 0 aliphatic rings. The second-order valence-electron chi connectivity index (χ2n) is 3.40. The minimum atomic E-state index is 0.781. The number of aromatic nitrogens is 3. The van der Waals surface area contributed by atoms with Crippen molar-refractivity contribution in [2.24, 2.45) is 0 Å². The van der Waals surface area contributed by atoms with E-state index in [9.17, 15) is 0 Å². The second kappa shape index (κ2) is 5.72. The molecule has 0 aliphatic carbocycles. The van der Waals surface area contributed by atoms with Gasteiger partial charge in [0.05, 0.1) is 12.2 Å². The van der Waals surface area contributed by atoms with Gasteiger partial charge in [-0.1, -0.05) is 12.1 Å². The smallest absolute Gasteiger partial charge is 0.0964 e. The van der Waals surface area contributed by atoms with E-state index in [2.05, 4.69) is 34.5 Å². The molecule has 0 saturated heterocycles. The fourth-order valence-electron chi connectivity index (χ4n) is 1.14. The van der Waals surface area contributed by atoms with Crippen LogP contribution in [0.4, 0.5) is 0 Å². The van der Waals surface area contributed by atoms with Crippen LogP contribution in [0.25, 0.3) is 0 Å². The third-order valence-corrected chi connectivity index (χ3v) is 2.19. The number of hydrogen-bond acceptors (Lipinski definition) is 4. The van der Waals surface area contributed by atoms with Crippen LogP contribution in [0.15, 0.2) is 6.20 Å². The molecule has 0 bridgehead atoms. The van der Waals surface area contributed by atoms with Gasteiger partial charge in [0.25, 0.3) is 0 Å². The predicted octanol–water partition coefficient (Wildman–Crippen LogP) is -0.0508. The molecule has 0 spiro atoms. The van der Waals surface area contributed by atoms with Gasteiger partial charge in [0.1, 0.15) is 0 Å². The van der Waals surface area contributed by atoms with Crippen LogP contribution in [0.2, 0.25) is 0 Å². The summed E-state index contributed by atoms with van der Waals surface area (Å²) in [6.45, 7) is 5.91. The summed E-state index contributed by atoms with van der Waals surface area (Å²) in [6.07, 6.45) is 1.99. The van der Waals surface area contributed by atoms with Crippen LogP contribution in [0, 0.1) is 0 Å². The van der Waals surface area contributed by atoms with Crippen LogP contribution in [-0.2, 0) is 13.1 Å². The Morgan fingerprint density at radius 3 is 3.00 bits per heavy atom. The Kier molecular flexibility index (Phi) is 4.55. The molecule has 0 unspecified atom stereocenters. The maximum Gasteiger partial charge on any atom is 0.0964 e. The van der Waals surface area contributed by atoms with Crippen molar-refractivity contribution in [3.8, 4) is 0 Å². The average Bonchev–Trinajstić information content (AvgIpc) is 2.63. The van der Waals surface area contributed by atoms with Crippen molar-refractivity contribution in [3.05, 3.63) is 11.9 Å². The first-order chi connectivity index (χ1) is 6.76. The van der Waals surface area contributed by atoms with Crippen molar-refractivity contribution in [2.75, 3.05) is 27.2 Å². The van der Waals surface area contributed by atoms with Gasteiger partial charge in [-0.05, 0) is 20.6 Å². The monoisotopic (exact) mass is 197 g/mol. The van der Waals surface area contributed by atoms with Gasteiger partial charge in [-0.25, -0.2) is 0 Å². The molecule has 0 atom stereocenters. The summed E-state index contributed by atoms with van der Waals surface area (Å²) >= 11 is 0. The fraction of sp³-hybridized carbons (Fsp3) is 0.778. The number of rotatable bonds is 6. The summed E-state index contributed by atoms with van der Waals surface area (Å²) in [5.74, 6) is 0. The molecule has 1 rings (SSSR count). The summed E-state index contributed by atoms with van der Waals surface area (Å²) in [5, 5.41) is 11.1. The summed E-state index contributed by atoms with van der Waals surface area (Å²) < 4.78 is 1.89. The topological polar surface area (TPSA) is 46.0 Å². The predicted molar refractivity (Wildman–Crippen MR) is 56.0 cm³/mol.